The van der Waals surface area contributed by atoms with Gasteiger partial charge >= 0.3 is 5.69 Å². The molecule has 0 aliphatic carbocycles. The minimum atomic E-state index is -0.225. The SMILES string of the molecule is Cc1ccc(-n2c(C3CCN(C(=O)c4ccc(C)c(C)c4)CC3)n[nH]c2=O)cc1. The van der Waals surface area contributed by atoms with Crippen molar-refractivity contribution < 1.29 is 4.79 Å². The van der Waals surface area contributed by atoms with E-state index < -0.39 is 0 Å². The Morgan fingerprint density at radius 2 is 1.69 bits per heavy atom. The number of aryl methyl sites for hydroxylation is 3. The quantitative estimate of drug-likeness (QED) is 0.744. The number of hydrogen-bond donors (Lipinski definition) is 1. The van der Waals surface area contributed by atoms with E-state index in [4.69, 9.17) is 0 Å². The summed E-state index contributed by atoms with van der Waals surface area (Å²) in [5, 5.41) is 6.91. The van der Waals surface area contributed by atoms with E-state index >= 15 is 0 Å². The molecule has 0 unspecified atom stereocenters. The maximum Gasteiger partial charge on any atom is 0.347 e. The molecule has 0 atom stereocenters. The van der Waals surface area contributed by atoms with E-state index in [0.717, 1.165) is 41.0 Å². The zero-order chi connectivity index (χ0) is 20.5. The number of H-pyrrole nitrogens is 1. The number of piperidine rings is 1. The number of nitrogens with zero attached hydrogens (tertiary/aromatic N) is 3. The van der Waals surface area contributed by atoms with Gasteiger partial charge in [0, 0.05) is 24.6 Å². The Hall–Kier alpha value is -3.15. The standard InChI is InChI=1S/C23H26N4O2/c1-15-4-8-20(9-5-15)27-21(24-25-23(27)29)18-10-12-26(13-11-18)22(28)19-7-6-16(2)17(3)14-19/h4-9,14,18H,10-13H2,1-3H3,(H,25,29). The van der Waals surface area contributed by atoms with E-state index in [1.807, 2.05) is 68.1 Å². The van der Waals surface area contributed by atoms with Crippen LogP contribution in [0.3, 0.4) is 0 Å². The van der Waals surface area contributed by atoms with E-state index in [1.165, 1.54) is 5.56 Å². The van der Waals surface area contributed by atoms with Crippen LogP contribution in [0.1, 0.15) is 51.6 Å². The molecule has 4 rings (SSSR count). The number of hydrogen-bond acceptors (Lipinski definition) is 3. The monoisotopic (exact) mass is 390 g/mol. The zero-order valence-electron chi connectivity index (χ0n) is 17.1. The lowest BCUT2D eigenvalue weighted by atomic mass is 9.95. The normalized spacial score (nSPS) is 14.9. The highest BCUT2D eigenvalue weighted by atomic mass is 16.2. The van der Waals surface area contributed by atoms with Crippen LogP contribution in [0, 0.1) is 20.8 Å². The topological polar surface area (TPSA) is 71.0 Å². The first-order chi connectivity index (χ1) is 13.9. The Bertz CT molecular complexity index is 1090. The van der Waals surface area contributed by atoms with Crippen molar-refractivity contribution in [2.75, 3.05) is 13.1 Å². The van der Waals surface area contributed by atoms with Crippen molar-refractivity contribution >= 4 is 5.91 Å². The van der Waals surface area contributed by atoms with Crippen LogP contribution in [0.2, 0.25) is 0 Å². The number of likely N-dealkylation sites (tertiary alicyclic amines) is 1. The molecule has 1 N–H and O–H groups in total. The molecule has 6 nitrogen and oxygen atoms in total. The molecule has 1 aliphatic rings. The predicted molar refractivity (Wildman–Crippen MR) is 113 cm³/mol. The molecule has 2 heterocycles. The molecule has 1 saturated heterocycles. The van der Waals surface area contributed by atoms with Gasteiger partial charge in [0.15, 0.2) is 0 Å². The molecule has 1 fully saturated rings. The molecule has 1 aliphatic heterocycles. The molecule has 0 saturated carbocycles. The maximum absolute atomic E-state index is 12.9. The molecule has 2 aromatic carbocycles. The van der Waals surface area contributed by atoms with Crippen molar-refractivity contribution in [3.05, 3.63) is 81.0 Å². The Balaban J connectivity index is 1.50. The van der Waals surface area contributed by atoms with Gasteiger partial charge in [-0.1, -0.05) is 23.8 Å². The molecule has 150 valence electrons. The second-order valence-corrected chi connectivity index (χ2v) is 7.92. The number of carbonyl (C=O) groups excluding carboxylic acids is 1. The van der Waals surface area contributed by atoms with Gasteiger partial charge in [-0.25, -0.2) is 14.5 Å². The number of carbonyl (C=O) groups is 1. The molecule has 1 amide bonds. The molecule has 0 bridgehead atoms. The largest absolute Gasteiger partial charge is 0.347 e. The number of benzene rings is 2. The summed E-state index contributed by atoms with van der Waals surface area (Å²) < 4.78 is 1.66. The highest BCUT2D eigenvalue weighted by Gasteiger charge is 2.28. The predicted octanol–water partition coefficient (Wildman–Crippen LogP) is 3.51. The van der Waals surface area contributed by atoms with Crippen LogP contribution < -0.4 is 5.69 Å². The Labute approximate surface area is 170 Å². The van der Waals surface area contributed by atoms with Gasteiger partial charge in [-0.05, 0) is 69.0 Å². The molecular formula is C23H26N4O2. The lowest BCUT2D eigenvalue weighted by molar-refractivity contribution is 0.0710. The Morgan fingerprint density at radius 3 is 2.34 bits per heavy atom. The smallest absolute Gasteiger partial charge is 0.339 e. The Morgan fingerprint density at radius 1 is 1.00 bits per heavy atom. The van der Waals surface area contributed by atoms with Gasteiger partial charge in [-0.3, -0.25) is 4.79 Å². The third-order valence-corrected chi connectivity index (χ3v) is 5.89. The second kappa shape index (κ2) is 7.70. The molecule has 0 spiro atoms. The van der Waals surface area contributed by atoms with Crippen molar-refractivity contribution in [3.63, 3.8) is 0 Å². The van der Waals surface area contributed by atoms with Gasteiger partial charge in [0.05, 0.1) is 5.69 Å². The van der Waals surface area contributed by atoms with Gasteiger partial charge in [-0.15, -0.1) is 0 Å². The fraction of sp³-hybridized carbons (Fsp3) is 0.348. The van der Waals surface area contributed by atoms with E-state index in [9.17, 15) is 9.59 Å². The number of aromatic nitrogens is 3. The van der Waals surface area contributed by atoms with E-state index in [0.29, 0.717) is 13.1 Å². The third kappa shape index (κ3) is 3.75. The highest BCUT2D eigenvalue weighted by molar-refractivity contribution is 5.94. The fourth-order valence-electron chi connectivity index (χ4n) is 3.92. The molecule has 3 aromatic rings. The number of nitrogens with one attached hydrogen (secondary N) is 1. The van der Waals surface area contributed by atoms with Crippen LogP contribution in [0.15, 0.2) is 47.3 Å². The Kier molecular flexibility index (Phi) is 5.09. The molecular weight excluding hydrogens is 364 g/mol. The van der Waals surface area contributed by atoms with Crippen LogP contribution in [-0.4, -0.2) is 38.7 Å². The first kappa shape index (κ1) is 19.2. The van der Waals surface area contributed by atoms with Gasteiger partial charge in [0.1, 0.15) is 5.82 Å². The maximum atomic E-state index is 12.9. The van der Waals surface area contributed by atoms with Gasteiger partial charge < -0.3 is 4.90 Å². The number of rotatable bonds is 3. The van der Waals surface area contributed by atoms with Crippen molar-refractivity contribution in [3.8, 4) is 5.69 Å². The first-order valence-corrected chi connectivity index (χ1v) is 10.0. The minimum absolute atomic E-state index is 0.0736. The van der Waals surface area contributed by atoms with E-state index in [-0.39, 0.29) is 17.5 Å². The summed E-state index contributed by atoms with van der Waals surface area (Å²) in [6.45, 7) is 7.41. The van der Waals surface area contributed by atoms with Gasteiger partial charge in [0.2, 0.25) is 0 Å². The summed E-state index contributed by atoms with van der Waals surface area (Å²) in [6.07, 6.45) is 1.57. The molecule has 29 heavy (non-hydrogen) atoms. The minimum Gasteiger partial charge on any atom is -0.339 e. The van der Waals surface area contributed by atoms with Crippen molar-refractivity contribution in [2.45, 2.75) is 39.5 Å². The summed E-state index contributed by atoms with van der Waals surface area (Å²) in [7, 11) is 0. The van der Waals surface area contributed by atoms with E-state index in [1.54, 1.807) is 4.57 Å². The van der Waals surface area contributed by atoms with Gasteiger partial charge in [-0.2, -0.15) is 5.10 Å². The lowest BCUT2D eigenvalue weighted by Crippen LogP contribution is -2.38. The molecule has 1 aromatic heterocycles. The number of amides is 1. The summed E-state index contributed by atoms with van der Waals surface area (Å²) in [4.78, 5) is 27.1. The summed E-state index contributed by atoms with van der Waals surface area (Å²) in [5.41, 5.74) is 4.79. The van der Waals surface area contributed by atoms with Crippen LogP contribution in [0.25, 0.3) is 5.69 Å². The van der Waals surface area contributed by atoms with Crippen molar-refractivity contribution in [2.24, 2.45) is 0 Å². The van der Waals surface area contributed by atoms with Gasteiger partial charge in [0.25, 0.3) is 5.91 Å². The fourth-order valence-corrected chi connectivity index (χ4v) is 3.92. The van der Waals surface area contributed by atoms with Crippen LogP contribution in [0.5, 0.6) is 0 Å². The van der Waals surface area contributed by atoms with Crippen LogP contribution in [0.4, 0.5) is 0 Å². The van der Waals surface area contributed by atoms with Crippen molar-refractivity contribution in [1.82, 2.24) is 19.7 Å². The molecule has 6 heteroatoms. The number of aromatic amines is 1. The zero-order valence-corrected chi connectivity index (χ0v) is 17.1. The summed E-state index contributed by atoms with van der Waals surface area (Å²) in [6, 6.07) is 13.7. The third-order valence-electron chi connectivity index (χ3n) is 5.89. The molecule has 0 radical (unpaired) electrons. The average Bonchev–Trinajstić information content (AvgIpc) is 3.11. The van der Waals surface area contributed by atoms with Crippen LogP contribution in [-0.2, 0) is 0 Å². The summed E-state index contributed by atoms with van der Waals surface area (Å²) >= 11 is 0. The van der Waals surface area contributed by atoms with E-state index in [2.05, 4.69) is 10.2 Å². The highest BCUT2D eigenvalue weighted by Crippen LogP contribution is 2.28. The average molecular weight is 390 g/mol. The van der Waals surface area contributed by atoms with Crippen molar-refractivity contribution in [1.29, 1.82) is 0 Å². The van der Waals surface area contributed by atoms with Crippen LogP contribution >= 0.6 is 0 Å². The lowest BCUT2D eigenvalue weighted by Gasteiger charge is -2.31. The summed E-state index contributed by atoms with van der Waals surface area (Å²) in [5.74, 6) is 0.959. The second-order valence-electron chi connectivity index (χ2n) is 7.92. The first-order valence-electron chi connectivity index (χ1n) is 10.0.